The maximum Gasteiger partial charge on any atom is 0.452 e. The molecule has 0 saturated heterocycles. The zero-order chi connectivity index (χ0) is 30.5. The summed E-state index contributed by atoms with van der Waals surface area (Å²) in [6.45, 7) is 4.04. The van der Waals surface area contributed by atoms with E-state index in [0.717, 1.165) is 4.90 Å². The lowest BCUT2D eigenvalue weighted by atomic mass is 9.96. The van der Waals surface area contributed by atoms with E-state index in [-0.39, 0.29) is 11.6 Å². The van der Waals surface area contributed by atoms with E-state index in [1.54, 1.807) is 62.4 Å². The minimum Gasteiger partial charge on any atom is -0.493 e. The van der Waals surface area contributed by atoms with Crippen LogP contribution in [0.5, 0.6) is 11.5 Å². The van der Waals surface area contributed by atoms with Gasteiger partial charge in [-0.25, -0.2) is 0 Å². The molecule has 3 rings (SSSR count). The second-order valence-corrected chi connectivity index (χ2v) is 9.80. The van der Waals surface area contributed by atoms with Crippen molar-refractivity contribution in [1.29, 1.82) is 0 Å². The summed E-state index contributed by atoms with van der Waals surface area (Å²) >= 11 is 0. The molecule has 0 radical (unpaired) electrons. The van der Waals surface area contributed by atoms with Gasteiger partial charge in [0.05, 0.1) is 19.9 Å². The van der Waals surface area contributed by atoms with E-state index < -0.39 is 54.7 Å². The maximum absolute atomic E-state index is 13.8. The number of hydrogen-bond acceptors (Lipinski definition) is 6. The van der Waals surface area contributed by atoms with E-state index >= 15 is 0 Å². The number of nitrogens with zero attached hydrogens (tertiary/aromatic N) is 2. The fourth-order valence-electron chi connectivity index (χ4n) is 4.60. The third-order valence-corrected chi connectivity index (χ3v) is 6.56. The van der Waals surface area contributed by atoms with E-state index in [1.165, 1.54) is 32.2 Å². The smallest absolute Gasteiger partial charge is 0.452 e. The lowest BCUT2D eigenvalue weighted by Crippen LogP contribution is -2.57. The average Bonchev–Trinajstić information content (AvgIpc) is 2.92. The molecular weight excluding hydrogens is 543 g/mol. The van der Waals surface area contributed by atoms with Crippen LogP contribution in [0.15, 0.2) is 54.7 Å². The molecule has 1 N–H and O–H groups in total. The first-order valence-corrected chi connectivity index (χ1v) is 12.8. The molecule has 2 aromatic rings. The second-order valence-electron chi connectivity index (χ2n) is 9.80. The number of alkyl halides is 3. The Bertz CT molecular complexity index is 1330. The van der Waals surface area contributed by atoms with E-state index in [2.05, 4.69) is 5.32 Å². The number of nitrogens with one attached hydrogen (secondary N) is 1. The summed E-state index contributed by atoms with van der Waals surface area (Å²) in [7, 11) is 2.85. The topological polar surface area (TPSA) is 105 Å². The SMILES string of the molecule is COc1ccc(C2=CN(C(C)=O)C(C(C)C)C(=O)N2CC(=O)NC(Cc2ccccc2)C(=O)C(F)(F)F)cc1OC. The van der Waals surface area contributed by atoms with Gasteiger partial charge in [0.15, 0.2) is 11.5 Å². The van der Waals surface area contributed by atoms with Crippen molar-refractivity contribution in [2.45, 2.75) is 45.5 Å². The number of ether oxygens (including phenoxy) is 2. The number of benzene rings is 2. The minimum absolute atomic E-state index is 0.139. The average molecular weight is 576 g/mol. The summed E-state index contributed by atoms with van der Waals surface area (Å²) < 4.78 is 50.9. The van der Waals surface area contributed by atoms with Crippen molar-refractivity contribution in [2.75, 3.05) is 20.8 Å². The van der Waals surface area contributed by atoms with Gasteiger partial charge in [-0.2, -0.15) is 13.2 Å². The monoisotopic (exact) mass is 575 g/mol. The first-order chi connectivity index (χ1) is 19.3. The van der Waals surface area contributed by atoms with Crippen LogP contribution >= 0.6 is 0 Å². The molecule has 1 aliphatic heterocycles. The maximum atomic E-state index is 13.8. The van der Waals surface area contributed by atoms with Gasteiger partial charge in [0, 0.05) is 25.1 Å². The molecular formula is C29H32F3N3O6. The van der Waals surface area contributed by atoms with E-state index in [9.17, 15) is 32.3 Å². The summed E-state index contributed by atoms with van der Waals surface area (Å²) in [5.41, 5.74) is 0.928. The molecule has 9 nitrogen and oxygen atoms in total. The molecule has 12 heteroatoms. The zero-order valence-corrected chi connectivity index (χ0v) is 23.3. The molecule has 1 aliphatic rings. The van der Waals surface area contributed by atoms with Gasteiger partial charge in [-0.1, -0.05) is 44.2 Å². The van der Waals surface area contributed by atoms with Crippen LogP contribution in [0.3, 0.4) is 0 Å². The Balaban J connectivity index is 2.01. The van der Waals surface area contributed by atoms with Crippen molar-refractivity contribution in [3.05, 3.63) is 65.9 Å². The molecule has 0 fully saturated rings. The summed E-state index contributed by atoms with van der Waals surface area (Å²) in [6, 6.07) is 9.78. The van der Waals surface area contributed by atoms with Gasteiger partial charge in [-0.05, 0) is 29.7 Å². The highest BCUT2D eigenvalue weighted by Gasteiger charge is 2.45. The van der Waals surface area contributed by atoms with Gasteiger partial charge in [0.25, 0.3) is 11.7 Å². The van der Waals surface area contributed by atoms with Crippen molar-refractivity contribution >= 4 is 29.2 Å². The molecule has 2 atom stereocenters. The summed E-state index contributed by atoms with van der Waals surface area (Å²) in [6.07, 6.45) is -4.17. The standard InChI is InChI=1S/C29H32F3N3O6/c1-17(2)26-28(39)35(22(15-34(26)18(3)36)20-11-12-23(40-4)24(14-20)41-5)16-25(37)33-21(27(38)29(30,31)32)13-19-9-7-6-8-10-19/h6-12,14-15,17,21,26H,13,16H2,1-5H3,(H,33,37). The highest BCUT2D eigenvalue weighted by atomic mass is 19.4. The molecule has 1 heterocycles. The largest absolute Gasteiger partial charge is 0.493 e. The third kappa shape index (κ3) is 7.24. The number of halogens is 3. The molecule has 3 amide bonds. The van der Waals surface area contributed by atoms with Gasteiger partial charge < -0.3 is 19.7 Å². The Morgan fingerprint density at radius 1 is 1.00 bits per heavy atom. The van der Waals surface area contributed by atoms with Crippen molar-refractivity contribution in [3.63, 3.8) is 0 Å². The van der Waals surface area contributed by atoms with Crippen LogP contribution in [0.2, 0.25) is 0 Å². The molecule has 220 valence electrons. The van der Waals surface area contributed by atoms with Crippen molar-refractivity contribution < 1.29 is 41.8 Å². The molecule has 2 unspecified atom stereocenters. The molecule has 41 heavy (non-hydrogen) atoms. The lowest BCUT2D eigenvalue weighted by Gasteiger charge is -2.40. The van der Waals surface area contributed by atoms with Crippen LogP contribution in [-0.2, 0) is 25.6 Å². The first kappa shape index (κ1) is 31.2. The van der Waals surface area contributed by atoms with Gasteiger partial charge in [0.2, 0.25) is 11.8 Å². The van der Waals surface area contributed by atoms with Gasteiger partial charge in [-0.3, -0.25) is 24.1 Å². The Morgan fingerprint density at radius 3 is 2.17 bits per heavy atom. The molecule has 0 aliphatic carbocycles. The molecule has 0 aromatic heterocycles. The Hall–Kier alpha value is -4.35. The third-order valence-electron chi connectivity index (χ3n) is 6.56. The Kier molecular flexibility index (Phi) is 9.79. The molecule has 2 aromatic carbocycles. The van der Waals surface area contributed by atoms with Gasteiger partial charge in [-0.15, -0.1) is 0 Å². The minimum atomic E-state index is -5.19. The van der Waals surface area contributed by atoms with Crippen LogP contribution in [0.4, 0.5) is 13.2 Å². The molecule has 0 spiro atoms. The van der Waals surface area contributed by atoms with Crippen LogP contribution in [0, 0.1) is 5.92 Å². The van der Waals surface area contributed by atoms with Crippen molar-refractivity contribution in [1.82, 2.24) is 15.1 Å². The number of methoxy groups -OCH3 is 2. The Labute approximate surface area is 235 Å². The number of rotatable bonds is 10. The summed E-state index contributed by atoms with van der Waals surface area (Å²) in [5, 5.41) is 2.18. The van der Waals surface area contributed by atoms with E-state index in [4.69, 9.17) is 9.47 Å². The Morgan fingerprint density at radius 2 is 1.63 bits per heavy atom. The molecule has 0 saturated carbocycles. The number of carbonyl (C=O) groups is 4. The number of Topliss-reactive ketones (excluding diaryl/α,β-unsaturated/α-hetero) is 1. The summed E-state index contributed by atoms with van der Waals surface area (Å²) in [5.74, 6) is -3.79. The number of hydrogen-bond donors (Lipinski definition) is 1. The normalized spacial score (nSPS) is 16.3. The second kappa shape index (κ2) is 12.9. The van der Waals surface area contributed by atoms with Crippen LogP contribution in [0.1, 0.15) is 31.9 Å². The molecule has 0 bridgehead atoms. The van der Waals surface area contributed by atoms with E-state index in [1.807, 2.05) is 0 Å². The van der Waals surface area contributed by atoms with Gasteiger partial charge >= 0.3 is 6.18 Å². The highest BCUT2D eigenvalue weighted by Crippen LogP contribution is 2.35. The van der Waals surface area contributed by atoms with Crippen molar-refractivity contribution in [3.8, 4) is 11.5 Å². The van der Waals surface area contributed by atoms with Gasteiger partial charge in [0.1, 0.15) is 18.6 Å². The predicted octanol–water partition coefficient (Wildman–Crippen LogP) is 3.58. The highest BCUT2D eigenvalue weighted by molar-refractivity contribution is 6.00. The fraction of sp³-hybridized carbons (Fsp3) is 0.379. The number of amides is 3. The van der Waals surface area contributed by atoms with Crippen LogP contribution in [-0.4, -0.2) is 72.3 Å². The van der Waals surface area contributed by atoms with Crippen LogP contribution < -0.4 is 14.8 Å². The fourth-order valence-corrected chi connectivity index (χ4v) is 4.60. The quantitative estimate of drug-likeness (QED) is 0.465. The zero-order valence-electron chi connectivity index (χ0n) is 23.3. The number of ketones is 1. The van der Waals surface area contributed by atoms with Crippen LogP contribution in [0.25, 0.3) is 5.70 Å². The summed E-state index contributed by atoms with van der Waals surface area (Å²) in [4.78, 5) is 54.1. The predicted molar refractivity (Wildman–Crippen MR) is 144 cm³/mol. The van der Waals surface area contributed by atoms with E-state index in [0.29, 0.717) is 22.6 Å². The lowest BCUT2D eigenvalue weighted by molar-refractivity contribution is -0.173. The number of carbonyl (C=O) groups excluding carboxylic acids is 4. The van der Waals surface area contributed by atoms with Crippen molar-refractivity contribution in [2.24, 2.45) is 5.92 Å². The first-order valence-electron chi connectivity index (χ1n) is 12.8.